The Morgan fingerprint density at radius 3 is 1.86 bits per heavy atom. The van der Waals surface area contributed by atoms with Crippen LogP contribution in [0, 0.1) is 5.82 Å². The quantitative estimate of drug-likeness (QED) is 0.525. The van der Waals surface area contributed by atoms with Gasteiger partial charge in [-0.15, -0.1) is 0 Å². The Kier molecular flexibility index (Phi) is 3.77. The first-order chi connectivity index (χ1) is 6.25. The Bertz CT molecular complexity index is 421. The largest absolute Gasteiger partial charge is 0.239 e. The van der Waals surface area contributed by atoms with Crippen LogP contribution in [0.5, 0.6) is 0 Å². The maximum absolute atomic E-state index is 12.5. The minimum Gasteiger partial charge on any atom is -0.220 e. The summed E-state index contributed by atoms with van der Waals surface area (Å²) >= 11 is 8.72. The SMILES string of the molecule is O=S(=O)(c1ccc(F)cc1)C(Br)(Br)Br. The Morgan fingerprint density at radius 2 is 1.50 bits per heavy atom. The molecule has 0 spiro atoms. The molecule has 0 N–H and O–H groups in total. The number of benzene rings is 1. The van der Waals surface area contributed by atoms with Gasteiger partial charge < -0.3 is 0 Å². The van der Waals surface area contributed by atoms with Crippen molar-refractivity contribution in [2.45, 2.75) is 6.37 Å². The summed E-state index contributed by atoms with van der Waals surface area (Å²) in [6.07, 6.45) is 0. The lowest BCUT2D eigenvalue weighted by Crippen LogP contribution is -2.17. The Labute approximate surface area is 106 Å². The maximum atomic E-state index is 12.5. The van der Waals surface area contributed by atoms with Gasteiger partial charge in [0, 0.05) is 0 Å². The van der Waals surface area contributed by atoms with Crippen LogP contribution in [0.25, 0.3) is 0 Å². The zero-order valence-electron chi connectivity index (χ0n) is 6.55. The number of sulfone groups is 1. The van der Waals surface area contributed by atoms with Crippen LogP contribution in [0.1, 0.15) is 0 Å². The topological polar surface area (TPSA) is 34.1 Å². The third-order valence-corrected chi connectivity index (χ3v) is 6.77. The molecule has 0 heterocycles. The van der Waals surface area contributed by atoms with Crippen molar-refractivity contribution in [2.75, 3.05) is 0 Å². The Hall–Kier alpha value is 0.540. The lowest BCUT2D eigenvalue weighted by atomic mass is 10.4. The highest BCUT2D eigenvalue weighted by Gasteiger charge is 2.37. The van der Waals surface area contributed by atoms with Gasteiger partial charge in [0.1, 0.15) is 5.82 Å². The molecule has 1 aromatic rings. The summed E-state index contributed by atoms with van der Waals surface area (Å²) in [5.41, 5.74) is 0. The highest BCUT2D eigenvalue weighted by molar-refractivity contribution is 9.42. The molecule has 0 aromatic heterocycles. The smallest absolute Gasteiger partial charge is 0.220 e. The lowest BCUT2D eigenvalue weighted by Gasteiger charge is -2.13. The first-order valence-corrected chi connectivity index (χ1v) is 7.18. The van der Waals surface area contributed by atoms with E-state index >= 15 is 0 Å². The molecule has 0 aliphatic carbocycles. The molecule has 1 rings (SSSR count). The van der Waals surface area contributed by atoms with Crippen molar-refractivity contribution in [2.24, 2.45) is 0 Å². The number of hydrogen-bond acceptors (Lipinski definition) is 2. The minimum absolute atomic E-state index is 0.0181. The van der Waals surface area contributed by atoms with Crippen molar-refractivity contribution < 1.29 is 12.8 Å². The third-order valence-electron chi connectivity index (χ3n) is 1.43. The van der Waals surface area contributed by atoms with E-state index < -0.39 is 17.1 Å². The highest BCUT2D eigenvalue weighted by atomic mass is 80.0. The fourth-order valence-corrected chi connectivity index (χ4v) is 3.19. The van der Waals surface area contributed by atoms with Crippen LogP contribution in [0.15, 0.2) is 29.2 Å². The molecule has 0 bridgehead atoms. The molecule has 0 aliphatic heterocycles. The van der Waals surface area contributed by atoms with Gasteiger partial charge in [-0.3, -0.25) is 0 Å². The molecule has 78 valence electrons. The van der Waals surface area contributed by atoms with Crippen LogP contribution >= 0.6 is 47.8 Å². The summed E-state index contributed by atoms with van der Waals surface area (Å²) in [6, 6.07) is 4.57. The second-order valence-electron chi connectivity index (χ2n) is 2.40. The summed E-state index contributed by atoms with van der Waals surface area (Å²) < 4.78 is 34.5. The van der Waals surface area contributed by atoms with Crippen LogP contribution < -0.4 is 0 Å². The monoisotopic (exact) mass is 408 g/mol. The van der Waals surface area contributed by atoms with Crippen molar-refractivity contribution in [1.82, 2.24) is 0 Å². The molecular formula is C7H4Br3FO2S. The molecule has 0 unspecified atom stereocenters. The molecule has 0 saturated heterocycles. The fourth-order valence-electron chi connectivity index (χ4n) is 0.747. The molecule has 7 heteroatoms. The fraction of sp³-hybridized carbons (Fsp3) is 0.143. The predicted octanol–water partition coefficient (Wildman–Crippen LogP) is 3.40. The average Bonchev–Trinajstić information content (AvgIpc) is 2.03. The summed E-state index contributed by atoms with van der Waals surface area (Å²) in [7, 11) is -3.61. The Morgan fingerprint density at radius 1 is 1.07 bits per heavy atom. The number of rotatable bonds is 1. The molecule has 14 heavy (non-hydrogen) atoms. The van der Waals surface area contributed by atoms with Crippen LogP contribution in [0.2, 0.25) is 0 Å². The van der Waals surface area contributed by atoms with E-state index in [-0.39, 0.29) is 4.90 Å². The van der Waals surface area contributed by atoms with E-state index in [4.69, 9.17) is 0 Å². The van der Waals surface area contributed by atoms with Gasteiger partial charge in [0.2, 0.25) is 11.3 Å². The molecule has 2 nitrogen and oxygen atoms in total. The maximum Gasteiger partial charge on any atom is 0.239 e. The van der Waals surface area contributed by atoms with Gasteiger partial charge in [-0.25, -0.2) is 12.8 Å². The second-order valence-corrected chi connectivity index (χ2v) is 12.8. The normalized spacial score (nSPS) is 12.9. The van der Waals surface area contributed by atoms with Gasteiger partial charge in [-0.1, -0.05) is 0 Å². The van der Waals surface area contributed by atoms with Gasteiger partial charge in [-0.2, -0.15) is 0 Å². The number of alkyl halides is 3. The van der Waals surface area contributed by atoms with Crippen LogP contribution in [-0.4, -0.2) is 9.89 Å². The Balaban J connectivity index is 3.25. The first-order valence-electron chi connectivity index (χ1n) is 3.32. The zero-order valence-corrected chi connectivity index (χ0v) is 12.1. The van der Waals surface area contributed by atoms with Crippen molar-refractivity contribution in [3.63, 3.8) is 0 Å². The predicted molar refractivity (Wildman–Crippen MR) is 63.1 cm³/mol. The van der Waals surface area contributed by atoms with Crippen molar-refractivity contribution in [3.8, 4) is 0 Å². The van der Waals surface area contributed by atoms with Crippen LogP contribution in [0.4, 0.5) is 4.39 Å². The van der Waals surface area contributed by atoms with Gasteiger partial charge >= 0.3 is 0 Å². The molecule has 0 radical (unpaired) electrons. The summed E-state index contributed by atoms with van der Waals surface area (Å²) in [5.74, 6) is -0.478. The van der Waals surface area contributed by atoms with E-state index in [0.717, 1.165) is 12.1 Å². The van der Waals surface area contributed by atoms with E-state index in [0.29, 0.717) is 0 Å². The minimum atomic E-state index is -3.61. The number of halogens is 4. The van der Waals surface area contributed by atoms with E-state index in [1.807, 2.05) is 0 Å². The van der Waals surface area contributed by atoms with Gasteiger partial charge in [0.15, 0.2) is 0 Å². The lowest BCUT2D eigenvalue weighted by molar-refractivity contribution is 0.597. The zero-order chi connectivity index (χ0) is 11.0. The molecule has 0 amide bonds. The van der Waals surface area contributed by atoms with E-state index in [2.05, 4.69) is 47.8 Å². The van der Waals surface area contributed by atoms with Gasteiger partial charge in [0.25, 0.3) is 0 Å². The highest BCUT2D eigenvalue weighted by Crippen LogP contribution is 2.42. The molecule has 0 fully saturated rings. The number of hydrogen-bond donors (Lipinski definition) is 0. The summed E-state index contributed by atoms with van der Waals surface area (Å²) in [6.45, 7) is 0. The van der Waals surface area contributed by atoms with Crippen molar-refractivity contribution >= 4 is 57.6 Å². The summed E-state index contributed by atoms with van der Waals surface area (Å²) in [4.78, 5) is 0.0181. The standard InChI is InChI=1S/C7H4Br3FO2S/c8-7(9,10)14(12,13)6-3-1-5(11)2-4-6/h1-4H. The van der Waals surface area contributed by atoms with E-state index in [1.165, 1.54) is 12.1 Å². The second kappa shape index (κ2) is 4.19. The third kappa shape index (κ3) is 2.56. The molecule has 0 saturated carbocycles. The molecule has 1 aromatic carbocycles. The van der Waals surface area contributed by atoms with Crippen LogP contribution in [0.3, 0.4) is 0 Å². The van der Waals surface area contributed by atoms with E-state index in [9.17, 15) is 12.8 Å². The van der Waals surface area contributed by atoms with Gasteiger partial charge in [-0.05, 0) is 72.1 Å². The van der Waals surface area contributed by atoms with Gasteiger partial charge in [0.05, 0.1) is 4.90 Å². The first kappa shape index (κ1) is 12.6. The molecule has 0 aliphatic rings. The van der Waals surface area contributed by atoms with Crippen LogP contribution in [-0.2, 0) is 9.84 Å². The van der Waals surface area contributed by atoms with E-state index in [1.54, 1.807) is 0 Å². The van der Waals surface area contributed by atoms with Crippen molar-refractivity contribution in [1.29, 1.82) is 0 Å². The molecular weight excluding hydrogens is 407 g/mol. The summed E-state index contributed by atoms with van der Waals surface area (Å²) in [5, 5.41) is 0. The molecule has 0 atom stereocenters. The van der Waals surface area contributed by atoms with Crippen molar-refractivity contribution in [3.05, 3.63) is 30.1 Å². The average molecular weight is 411 g/mol.